The number of fused-ring (bicyclic) bond motifs is 3. The zero-order valence-corrected chi connectivity index (χ0v) is 9.65. The highest BCUT2D eigenvalue weighted by Gasteiger charge is 2.17. The normalized spacial score (nSPS) is 14.8. The number of rotatable bonds is 2. The number of aromatic nitrogens is 1. The number of nitrogens with zero attached hydrogens (tertiary/aromatic N) is 1. The second-order valence-corrected chi connectivity index (χ2v) is 4.70. The summed E-state index contributed by atoms with van der Waals surface area (Å²) in [4.78, 5) is 10.9. The van der Waals surface area contributed by atoms with E-state index in [2.05, 4.69) is 10.6 Å². The average Bonchev–Trinajstić information content (AvgIpc) is 2.67. The molecule has 2 heterocycles. The molecule has 2 aromatic heterocycles. The first-order valence-corrected chi connectivity index (χ1v) is 6.08. The maximum absolute atomic E-state index is 10.9. The van der Waals surface area contributed by atoms with Crippen molar-refractivity contribution in [3.8, 4) is 0 Å². The summed E-state index contributed by atoms with van der Waals surface area (Å²) in [5.74, 6) is -0.760. The van der Waals surface area contributed by atoms with Gasteiger partial charge in [-0.25, -0.2) is 0 Å². The van der Waals surface area contributed by atoms with Gasteiger partial charge in [-0.15, -0.1) is 0 Å². The van der Waals surface area contributed by atoms with Gasteiger partial charge in [0.05, 0.1) is 11.9 Å². The van der Waals surface area contributed by atoms with Crippen molar-refractivity contribution in [2.75, 3.05) is 0 Å². The van der Waals surface area contributed by atoms with E-state index in [0.29, 0.717) is 0 Å². The molecule has 3 heteroatoms. The lowest BCUT2D eigenvalue weighted by molar-refractivity contribution is -0.136. The van der Waals surface area contributed by atoms with Crippen LogP contribution in [0.4, 0.5) is 0 Å². The first-order chi connectivity index (χ1) is 8.25. The van der Waals surface area contributed by atoms with Crippen LogP contribution >= 0.6 is 0 Å². The minimum absolute atomic E-state index is 0.112. The molecule has 1 aliphatic rings. The van der Waals surface area contributed by atoms with Crippen molar-refractivity contribution in [2.45, 2.75) is 32.1 Å². The third kappa shape index (κ3) is 1.71. The summed E-state index contributed by atoms with van der Waals surface area (Å²) in [6.07, 6.45) is 8.97. The molecule has 17 heavy (non-hydrogen) atoms. The van der Waals surface area contributed by atoms with E-state index >= 15 is 0 Å². The molecule has 0 aliphatic heterocycles. The van der Waals surface area contributed by atoms with Gasteiger partial charge in [-0.05, 0) is 48.4 Å². The highest BCUT2D eigenvalue weighted by molar-refractivity contribution is 5.76. The van der Waals surface area contributed by atoms with Gasteiger partial charge < -0.3 is 9.51 Å². The Balaban J connectivity index is 2.22. The van der Waals surface area contributed by atoms with Crippen LogP contribution in [-0.4, -0.2) is 15.5 Å². The fourth-order valence-corrected chi connectivity index (χ4v) is 2.84. The molecule has 0 saturated heterocycles. The molecular weight excluding hydrogens is 214 g/mol. The minimum Gasteiger partial charge on any atom is -0.481 e. The lowest BCUT2D eigenvalue weighted by atomic mass is 9.93. The molecule has 0 atom stereocenters. The maximum Gasteiger partial charge on any atom is 0.307 e. The SMILES string of the molecule is O=C(O)Cc1cccn2cc3c(c12)CCCC3. The van der Waals surface area contributed by atoms with Crippen LogP contribution in [0.5, 0.6) is 0 Å². The van der Waals surface area contributed by atoms with Crippen molar-refractivity contribution in [2.24, 2.45) is 0 Å². The van der Waals surface area contributed by atoms with Gasteiger partial charge in [-0.1, -0.05) is 6.07 Å². The Morgan fingerprint density at radius 3 is 3.00 bits per heavy atom. The number of aliphatic carboxylic acids is 1. The number of hydrogen-bond donors (Lipinski definition) is 1. The number of aryl methyl sites for hydroxylation is 2. The van der Waals surface area contributed by atoms with Crippen LogP contribution in [0.25, 0.3) is 5.52 Å². The molecule has 88 valence electrons. The molecule has 2 aromatic rings. The maximum atomic E-state index is 10.9. The average molecular weight is 229 g/mol. The van der Waals surface area contributed by atoms with Crippen molar-refractivity contribution in [1.29, 1.82) is 0 Å². The smallest absolute Gasteiger partial charge is 0.307 e. The lowest BCUT2D eigenvalue weighted by Gasteiger charge is -2.11. The summed E-state index contributed by atoms with van der Waals surface area (Å²) in [6.45, 7) is 0. The zero-order chi connectivity index (χ0) is 11.8. The Bertz CT molecular complexity index is 583. The Labute approximate surface area is 99.7 Å². The van der Waals surface area contributed by atoms with Crippen LogP contribution in [0.2, 0.25) is 0 Å². The van der Waals surface area contributed by atoms with Crippen molar-refractivity contribution >= 4 is 11.5 Å². The van der Waals surface area contributed by atoms with Crippen LogP contribution in [0.3, 0.4) is 0 Å². The zero-order valence-electron chi connectivity index (χ0n) is 9.65. The van der Waals surface area contributed by atoms with Crippen LogP contribution in [0.1, 0.15) is 29.5 Å². The summed E-state index contributed by atoms with van der Waals surface area (Å²) < 4.78 is 2.09. The molecule has 3 nitrogen and oxygen atoms in total. The molecule has 0 radical (unpaired) electrons. The molecule has 0 bridgehead atoms. The van der Waals surface area contributed by atoms with Crippen molar-refractivity contribution < 1.29 is 9.90 Å². The highest BCUT2D eigenvalue weighted by atomic mass is 16.4. The molecule has 0 fully saturated rings. The first-order valence-electron chi connectivity index (χ1n) is 6.08. The molecule has 3 rings (SSSR count). The number of hydrogen-bond acceptors (Lipinski definition) is 1. The fraction of sp³-hybridized carbons (Fsp3) is 0.357. The largest absolute Gasteiger partial charge is 0.481 e. The fourth-order valence-electron chi connectivity index (χ4n) is 2.84. The van der Waals surface area contributed by atoms with Crippen LogP contribution < -0.4 is 0 Å². The van der Waals surface area contributed by atoms with Gasteiger partial charge in [0, 0.05) is 12.4 Å². The Hall–Kier alpha value is -1.77. The van der Waals surface area contributed by atoms with E-state index in [1.165, 1.54) is 24.0 Å². The van der Waals surface area contributed by atoms with E-state index in [0.717, 1.165) is 23.9 Å². The summed E-state index contributed by atoms with van der Waals surface area (Å²) in [5, 5.41) is 8.96. The Kier molecular flexibility index (Phi) is 2.39. The van der Waals surface area contributed by atoms with Gasteiger partial charge in [-0.3, -0.25) is 4.79 Å². The standard InChI is InChI=1S/C14H15NO2/c16-13(17)8-10-5-3-7-15-9-11-4-1-2-6-12(11)14(10)15/h3,5,7,9H,1-2,4,6,8H2,(H,16,17). The van der Waals surface area contributed by atoms with Crippen LogP contribution in [0.15, 0.2) is 24.5 Å². The second-order valence-electron chi connectivity index (χ2n) is 4.70. The Morgan fingerprint density at radius 1 is 1.35 bits per heavy atom. The predicted molar refractivity (Wildman–Crippen MR) is 65.4 cm³/mol. The van der Waals surface area contributed by atoms with E-state index in [-0.39, 0.29) is 6.42 Å². The van der Waals surface area contributed by atoms with Crippen molar-refractivity contribution in [3.63, 3.8) is 0 Å². The van der Waals surface area contributed by atoms with Crippen LogP contribution in [0, 0.1) is 0 Å². The highest BCUT2D eigenvalue weighted by Crippen LogP contribution is 2.29. The third-order valence-electron chi connectivity index (χ3n) is 3.54. The van der Waals surface area contributed by atoms with Crippen LogP contribution in [-0.2, 0) is 24.1 Å². The van der Waals surface area contributed by atoms with Crippen molar-refractivity contribution in [1.82, 2.24) is 4.40 Å². The number of pyridine rings is 1. The molecule has 0 amide bonds. The second kappa shape index (κ2) is 3.91. The van der Waals surface area contributed by atoms with E-state index in [9.17, 15) is 4.79 Å². The van der Waals surface area contributed by atoms with Gasteiger partial charge in [0.25, 0.3) is 0 Å². The van der Waals surface area contributed by atoms with E-state index in [1.807, 2.05) is 18.3 Å². The van der Waals surface area contributed by atoms with Gasteiger partial charge in [0.15, 0.2) is 0 Å². The van der Waals surface area contributed by atoms with E-state index < -0.39 is 5.97 Å². The third-order valence-corrected chi connectivity index (χ3v) is 3.54. The molecule has 0 spiro atoms. The monoisotopic (exact) mass is 229 g/mol. The summed E-state index contributed by atoms with van der Waals surface area (Å²) in [7, 11) is 0. The quantitative estimate of drug-likeness (QED) is 0.859. The Morgan fingerprint density at radius 2 is 2.18 bits per heavy atom. The predicted octanol–water partition coefficient (Wildman–Crippen LogP) is 2.45. The molecule has 0 aromatic carbocycles. The molecular formula is C14H15NO2. The number of carbonyl (C=O) groups is 1. The van der Waals surface area contributed by atoms with E-state index in [4.69, 9.17) is 5.11 Å². The summed E-state index contributed by atoms with van der Waals surface area (Å²) in [6, 6.07) is 3.86. The van der Waals surface area contributed by atoms with Gasteiger partial charge >= 0.3 is 5.97 Å². The molecule has 1 N–H and O–H groups in total. The molecule has 1 aliphatic carbocycles. The topological polar surface area (TPSA) is 41.7 Å². The van der Waals surface area contributed by atoms with Gasteiger partial charge in [0.2, 0.25) is 0 Å². The first kappa shape index (κ1) is 10.4. The summed E-state index contributed by atoms with van der Waals surface area (Å²) >= 11 is 0. The molecule has 0 unspecified atom stereocenters. The number of carboxylic acid groups (broad SMARTS) is 1. The number of carboxylic acids is 1. The van der Waals surface area contributed by atoms with Gasteiger partial charge in [0.1, 0.15) is 0 Å². The minimum atomic E-state index is -0.760. The molecule has 0 saturated carbocycles. The summed E-state index contributed by atoms with van der Waals surface area (Å²) in [5.41, 5.74) is 4.83. The van der Waals surface area contributed by atoms with Gasteiger partial charge in [-0.2, -0.15) is 0 Å². The van der Waals surface area contributed by atoms with E-state index in [1.54, 1.807) is 0 Å². The lowest BCUT2D eigenvalue weighted by Crippen LogP contribution is -2.04. The van der Waals surface area contributed by atoms with Crippen molar-refractivity contribution in [3.05, 3.63) is 41.2 Å².